The van der Waals surface area contributed by atoms with Gasteiger partial charge in [0.1, 0.15) is 0 Å². The van der Waals surface area contributed by atoms with E-state index in [1.165, 1.54) is 11.1 Å². The van der Waals surface area contributed by atoms with Gasteiger partial charge in [-0.05, 0) is 43.4 Å². The van der Waals surface area contributed by atoms with Gasteiger partial charge in [-0.15, -0.1) is 0 Å². The summed E-state index contributed by atoms with van der Waals surface area (Å²) in [7, 11) is 0. The number of nitrogens with zero attached hydrogens (tertiary/aromatic N) is 1. The molecule has 1 saturated heterocycles. The Bertz CT molecular complexity index is 466. The monoisotopic (exact) mass is 275 g/mol. The van der Waals surface area contributed by atoms with E-state index in [0.29, 0.717) is 12.5 Å². The standard InChI is InChI=1S/C17H25NO2/c1-13(2)15-6-4-14(5-7-15)8-10-18-11-9-17(3,12-18)16(19)20/h4-7,13H,8-12H2,1-3H3,(H,19,20). The first kappa shape index (κ1) is 15.0. The lowest BCUT2D eigenvalue weighted by molar-refractivity contribution is -0.147. The third kappa shape index (κ3) is 3.40. The Balaban J connectivity index is 1.86. The predicted molar refractivity (Wildman–Crippen MR) is 81.0 cm³/mol. The summed E-state index contributed by atoms with van der Waals surface area (Å²) < 4.78 is 0. The molecule has 1 N–H and O–H groups in total. The molecule has 0 spiro atoms. The van der Waals surface area contributed by atoms with Gasteiger partial charge >= 0.3 is 5.97 Å². The number of aliphatic carboxylic acids is 1. The maximum absolute atomic E-state index is 11.2. The largest absolute Gasteiger partial charge is 0.481 e. The van der Waals surface area contributed by atoms with E-state index in [1.807, 2.05) is 6.92 Å². The van der Waals surface area contributed by atoms with E-state index >= 15 is 0 Å². The lowest BCUT2D eigenvalue weighted by Crippen LogP contribution is -2.32. The van der Waals surface area contributed by atoms with Crippen molar-refractivity contribution in [3.8, 4) is 0 Å². The molecule has 3 heteroatoms. The molecule has 0 aromatic heterocycles. The molecule has 1 atom stereocenters. The van der Waals surface area contributed by atoms with Crippen LogP contribution >= 0.6 is 0 Å². The molecular weight excluding hydrogens is 250 g/mol. The second-order valence-electron chi connectivity index (χ2n) is 6.54. The van der Waals surface area contributed by atoms with E-state index in [9.17, 15) is 9.90 Å². The van der Waals surface area contributed by atoms with Crippen LogP contribution in [0.15, 0.2) is 24.3 Å². The fraction of sp³-hybridized carbons (Fsp3) is 0.588. The molecule has 0 amide bonds. The Morgan fingerprint density at radius 2 is 2.00 bits per heavy atom. The van der Waals surface area contributed by atoms with Crippen LogP contribution in [0, 0.1) is 5.41 Å². The van der Waals surface area contributed by atoms with Gasteiger partial charge in [-0.1, -0.05) is 38.1 Å². The van der Waals surface area contributed by atoms with Crippen LogP contribution in [0.4, 0.5) is 0 Å². The summed E-state index contributed by atoms with van der Waals surface area (Å²) in [6.07, 6.45) is 1.75. The highest BCUT2D eigenvalue weighted by atomic mass is 16.4. The predicted octanol–water partition coefficient (Wildman–Crippen LogP) is 3.15. The minimum Gasteiger partial charge on any atom is -0.481 e. The molecule has 1 aliphatic rings. The molecule has 110 valence electrons. The van der Waals surface area contributed by atoms with E-state index in [1.54, 1.807) is 0 Å². The number of benzene rings is 1. The summed E-state index contributed by atoms with van der Waals surface area (Å²) in [5, 5.41) is 9.23. The van der Waals surface area contributed by atoms with Gasteiger partial charge in [-0.3, -0.25) is 4.79 Å². The summed E-state index contributed by atoms with van der Waals surface area (Å²) in [5.74, 6) is -0.0970. The molecule has 2 rings (SSSR count). The normalized spacial score (nSPS) is 23.4. The van der Waals surface area contributed by atoms with Crippen LogP contribution in [-0.4, -0.2) is 35.6 Å². The first-order valence-electron chi connectivity index (χ1n) is 7.45. The van der Waals surface area contributed by atoms with Gasteiger partial charge in [0.05, 0.1) is 5.41 Å². The molecule has 1 fully saturated rings. The number of carboxylic acid groups (broad SMARTS) is 1. The van der Waals surface area contributed by atoms with Crippen LogP contribution in [-0.2, 0) is 11.2 Å². The van der Waals surface area contributed by atoms with Crippen molar-refractivity contribution in [2.24, 2.45) is 5.41 Å². The van der Waals surface area contributed by atoms with E-state index in [2.05, 4.69) is 43.0 Å². The minimum absolute atomic E-state index is 0.554. The Labute approximate surface area is 121 Å². The van der Waals surface area contributed by atoms with Crippen molar-refractivity contribution in [3.05, 3.63) is 35.4 Å². The molecule has 3 nitrogen and oxygen atoms in total. The lowest BCUT2D eigenvalue weighted by atomic mass is 9.90. The summed E-state index contributed by atoms with van der Waals surface area (Å²) in [5.41, 5.74) is 2.15. The third-order valence-electron chi connectivity index (χ3n) is 4.43. The van der Waals surface area contributed by atoms with Crippen LogP contribution in [0.2, 0.25) is 0 Å². The van der Waals surface area contributed by atoms with Crippen LogP contribution in [0.25, 0.3) is 0 Å². The van der Waals surface area contributed by atoms with Crippen LogP contribution < -0.4 is 0 Å². The number of carbonyl (C=O) groups is 1. The second-order valence-corrected chi connectivity index (χ2v) is 6.54. The molecule has 1 aromatic rings. The van der Waals surface area contributed by atoms with Gasteiger partial charge < -0.3 is 10.0 Å². The molecule has 1 aromatic carbocycles. The maximum Gasteiger partial charge on any atom is 0.310 e. The van der Waals surface area contributed by atoms with Crippen LogP contribution in [0.1, 0.15) is 44.2 Å². The zero-order valence-electron chi connectivity index (χ0n) is 12.7. The fourth-order valence-corrected chi connectivity index (χ4v) is 2.78. The highest BCUT2D eigenvalue weighted by Gasteiger charge is 2.39. The summed E-state index contributed by atoms with van der Waals surface area (Å²) in [6, 6.07) is 8.79. The molecule has 0 radical (unpaired) electrons. The molecule has 1 heterocycles. The van der Waals surface area contributed by atoms with Crippen molar-refractivity contribution in [1.82, 2.24) is 4.90 Å². The zero-order valence-corrected chi connectivity index (χ0v) is 12.7. The van der Waals surface area contributed by atoms with E-state index in [-0.39, 0.29) is 0 Å². The maximum atomic E-state index is 11.2. The molecule has 0 aliphatic carbocycles. The number of hydrogen-bond acceptors (Lipinski definition) is 2. The molecular formula is C17H25NO2. The van der Waals surface area contributed by atoms with Gasteiger partial charge in [-0.25, -0.2) is 0 Å². The molecule has 20 heavy (non-hydrogen) atoms. The van der Waals surface area contributed by atoms with Crippen molar-refractivity contribution in [2.45, 2.75) is 39.5 Å². The first-order chi connectivity index (χ1) is 9.40. The van der Waals surface area contributed by atoms with Crippen molar-refractivity contribution in [3.63, 3.8) is 0 Å². The Morgan fingerprint density at radius 3 is 2.50 bits per heavy atom. The molecule has 0 bridgehead atoms. The topological polar surface area (TPSA) is 40.5 Å². The molecule has 1 unspecified atom stereocenters. The average molecular weight is 275 g/mol. The van der Waals surface area contributed by atoms with Gasteiger partial charge in [0.2, 0.25) is 0 Å². The minimum atomic E-state index is -0.665. The fourth-order valence-electron chi connectivity index (χ4n) is 2.78. The quantitative estimate of drug-likeness (QED) is 0.897. The van der Waals surface area contributed by atoms with Gasteiger partial charge in [0, 0.05) is 13.1 Å². The first-order valence-corrected chi connectivity index (χ1v) is 7.45. The second kappa shape index (κ2) is 5.96. The molecule has 0 saturated carbocycles. The van der Waals surface area contributed by atoms with Gasteiger partial charge in [0.15, 0.2) is 0 Å². The Morgan fingerprint density at radius 1 is 1.35 bits per heavy atom. The van der Waals surface area contributed by atoms with Gasteiger partial charge in [0.25, 0.3) is 0 Å². The van der Waals surface area contributed by atoms with Crippen molar-refractivity contribution >= 4 is 5.97 Å². The lowest BCUT2D eigenvalue weighted by Gasteiger charge is -2.20. The van der Waals surface area contributed by atoms with Crippen LogP contribution in [0.5, 0.6) is 0 Å². The summed E-state index contributed by atoms with van der Waals surface area (Å²) in [4.78, 5) is 13.5. The highest BCUT2D eigenvalue weighted by molar-refractivity contribution is 5.74. The zero-order chi connectivity index (χ0) is 14.8. The van der Waals surface area contributed by atoms with Crippen molar-refractivity contribution < 1.29 is 9.90 Å². The highest BCUT2D eigenvalue weighted by Crippen LogP contribution is 2.30. The SMILES string of the molecule is CC(C)c1ccc(CCN2CCC(C)(C(=O)O)C2)cc1. The number of likely N-dealkylation sites (tertiary alicyclic amines) is 1. The number of carboxylic acids is 1. The Hall–Kier alpha value is -1.35. The van der Waals surface area contributed by atoms with Crippen molar-refractivity contribution in [1.29, 1.82) is 0 Å². The summed E-state index contributed by atoms with van der Waals surface area (Å²) in [6.45, 7) is 8.77. The van der Waals surface area contributed by atoms with Crippen LogP contribution in [0.3, 0.4) is 0 Å². The smallest absolute Gasteiger partial charge is 0.310 e. The third-order valence-corrected chi connectivity index (χ3v) is 4.43. The molecule has 1 aliphatic heterocycles. The van der Waals surface area contributed by atoms with Crippen molar-refractivity contribution in [2.75, 3.05) is 19.6 Å². The van der Waals surface area contributed by atoms with E-state index in [4.69, 9.17) is 0 Å². The van der Waals surface area contributed by atoms with Gasteiger partial charge in [-0.2, -0.15) is 0 Å². The number of hydrogen-bond donors (Lipinski definition) is 1. The summed E-state index contributed by atoms with van der Waals surface area (Å²) >= 11 is 0. The Kier molecular flexibility index (Phi) is 4.48. The van der Waals surface area contributed by atoms with E-state index < -0.39 is 11.4 Å². The number of rotatable bonds is 5. The average Bonchev–Trinajstić information content (AvgIpc) is 2.80. The van der Waals surface area contributed by atoms with E-state index in [0.717, 1.165) is 25.9 Å².